The van der Waals surface area contributed by atoms with Crippen molar-refractivity contribution >= 4 is 28.3 Å². The fourth-order valence-electron chi connectivity index (χ4n) is 5.31. The number of carbonyl (C=O) groups is 2. The predicted octanol–water partition coefficient (Wildman–Crippen LogP) is 3.25. The van der Waals surface area contributed by atoms with E-state index in [0.717, 1.165) is 29.5 Å². The fourth-order valence-corrected chi connectivity index (χ4v) is 5.31. The molecule has 2 heterocycles. The van der Waals surface area contributed by atoms with Gasteiger partial charge in [-0.1, -0.05) is 36.4 Å². The van der Waals surface area contributed by atoms with Gasteiger partial charge in [-0.05, 0) is 48.9 Å². The van der Waals surface area contributed by atoms with Crippen molar-refractivity contribution < 1.29 is 19.5 Å². The number of nitrogens with zero attached hydrogens (tertiary/aromatic N) is 3. The van der Waals surface area contributed by atoms with Gasteiger partial charge in [0.1, 0.15) is 6.10 Å². The molecule has 1 aliphatic carbocycles. The smallest absolute Gasteiger partial charge is 0.247 e. The number of piperazine rings is 1. The van der Waals surface area contributed by atoms with Crippen molar-refractivity contribution in [1.29, 1.82) is 0 Å². The molecule has 3 atom stereocenters. The van der Waals surface area contributed by atoms with Gasteiger partial charge in [0.05, 0.1) is 11.8 Å². The van der Waals surface area contributed by atoms with E-state index in [-0.39, 0.29) is 12.0 Å². The van der Waals surface area contributed by atoms with E-state index in [0.29, 0.717) is 38.2 Å². The summed E-state index contributed by atoms with van der Waals surface area (Å²) in [5.74, 6) is -1.17. The molecule has 0 radical (unpaired) electrons. The normalized spacial score (nSPS) is 22.6. The third kappa shape index (κ3) is 4.93. The Balaban J connectivity index is 1.25. The van der Waals surface area contributed by atoms with Crippen LogP contribution in [-0.4, -0.2) is 59.2 Å². The van der Waals surface area contributed by atoms with Crippen molar-refractivity contribution in [2.75, 3.05) is 31.1 Å². The van der Waals surface area contributed by atoms with E-state index in [1.165, 1.54) is 0 Å². The number of benzene rings is 2. The number of hydrogen-bond acceptors (Lipinski definition) is 6. The van der Waals surface area contributed by atoms with Crippen LogP contribution in [0.5, 0.6) is 5.88 Å². The van der Waals surface area contributed by atoms with Crippen LogP contribution in [0, 0.1) is 11.8 Å². The number of hydrogen-bond donors (Lipinski definition) is 2. The summed E-state index contributed by atoms with van der Waals surface area (Å²) in [6.07, 6.45) is 2.94. The molecular formula is C27H30N4O4. The van der Waals surface area contributed by atoms with E-state index in [1.807, 2.05) is 53.4 Å². The number of ether oxygens (including phenoxy) is 1. The molecule has 2 aromatic carbocycles. The van der Waals surface area contributed by atoms with Gasteiger partial charge in [-0.2, -0.15) is 0 Å². The lowest BCUT2D eigenvalue weighted by atomic mass is 9.76. The summed E-state index contributed by atoms with van der Waals surface area (Å²) in [7, 11) is 0. The van der Waals surface area contributed by atoms with Gasteiger partial charge in [-0.25, -0.2) is 10.5 Å². The Morgan fingerprint density at radius 3 is 2.43 bits per heavy atom. The van der Waals surface area contributed by atoms with E-state index in [1.54, 1.807) is 11.7 Å². The van der Waals surface area contributed by atoms with Crippen LogP contribution in [0.2, 0.25) is 0 Å². The number of fused-ring (bicyclic) bond motifs is 1. The zero-order valence-corrected chi connectivity index (χ0v) is 19.5. The number of amides is 2. The second-order valence-corrected chi connectivity index (χ2v) is 9.23. The summed E-state index contributed by atoms with van der Waals surface area (Å²) >= 11 is 0. The number of carbonyl (C=O) groups excluding carboxylic acids is 2. The number of pyridine rings is 1. The average Bonchev–Trinajstić information content (AvgIpc) is 2.93. The summed E-state index contributed by atoms with van der Waals surface area (Å²) in [4.78, 5) is 34.6. The molecule has 0 bridgehead atoms. The molecule has 2 aliphatic rings. The molecule has 182 valence electrons. The van der Waals surface area contributed by atoms with E-state index >= 15 is 0 Å². The van der Waals surface area contributed by atoms with Crippen LogP contribution in [0.3, 0.4) is 0 Å². The standard InChI is InChI=1S/C27H30N4O4/c32-25(29-34)24-18-21(35-26-22-9-5-4-6-19(22)12-13-28-26)10-11-23(24)27(33)31-16-14-30(15-17-31)20-7-2-1-3-8-20/h1-9,12-13,21,23-24,34H,10-11,14-18H2,(H,29,32)/t21-,23+,24+/m1/s1. The Kier molecular flexibility index (Phi) is 6.81. The zero-order chi connectivity index (χ0) is 24.2. The van der Waals surface area contributed by atoms with Crippen molar-refractivity contribution in [3.8, 4) is 5.88 Å². The van der Waals surface area contributed by atoms with Crippen molar-refractivity contribution in [1.82, 2.24) is 15.4 Å². The van der Waals surface area contributed by atoms with Crippen LogP contribution >= 0.6 is 0 Å². The SMILES string of the molecule is O=C(NO)[C@H]1C[C@H](Oc2nccc3ccccc23)CC[C@@H]1C(=O)N1CCN(c2ccccc2)CC1. The van der Waals surface area contributed by atoms with E-state index in [2.05, 4.69) is 22.0 Å². The van der Waals surface area contributed by atoms with Gasteiger partial charge < -0.3 is 14.5 Å². The molecule has 2 fully saturated rings. The Labute approximate surface area is 204 Å². The molecule has 1 aliphatic heterocycles. The minimum absolute atomic E-state index is 0.0203. The fraction of sp³-hybridized carbons (Fsp3) is 0.370. The maximum absolute atomic E-state index is 13.5. The average molecular weight is 475 g/mol. The second kappa shape index (κ2) is 10.3. The molecule has 5 rings (SSSR count). The van der Waals surface area contributed by atoms with Crippen molar-refractivity contribution in [2.24, 2.45) is 11.8 Å². The van der Waals surface area contributed by atoms with Crippen molar-refractivity contribution in [3.05, 3.63) is 66.9 Å². The molecule has 8 heteroatoms. The van der Waals surface area contributed by atoms with Crippen molar-refractivity contribution in [2.45, 2.75) is 25.4 Å². The van der Waals surface area contributed by atoms with Gasteiger partial charge in [0.15, 0.2) is 0 Å². The van der Waals surface area contributed by atoms with Crippen LogP contribution in [0.4, 0.5) is 5.69 Å². The Morgan fingerprint density at radius 1 is 0.914 bits per heavy atom. The largest absolute Gasteiger partial charge is 0.474 e. The highest BCUT2D eigenvalue weighted by Gasteiger charge is 2.42. The minimum atomic E-state index is -0.659. The van der Waals surface area contributed by atoms with Gasteiger partial charge in [0.2, 0.25) is 17.7 Å². The Hall–Kier alpha value is -3.65. The highest BCUT2D eigenvalue weighted by Crippen LogP contribution is 2.35. The molecule has 0 spiro atoms. The summed E-state index contributed by atoms with van der Waals surface area (Å²) in [6, 6.07) is 20.0. The first-order chi connectivity index (χ1) is 17.1. The van der Waals surface area contributed by atoms with Gasteiger partial charge in [-0.15, -0.1) is 0 Å². The monoisotopic (exact) mass is 474 g/mol. The minimum Gasteiger partial charge on any atom is -0.474 e. The predicted molar refractivity (Wildman–Crippen MR) is 132 cm³/mol. The Bertz CT molecular complexity index is 1170. The second-order valence-electron chi connectivity index (χ2n) is 9.23. The summed E-state index contributed by atoms with van der Waals surface area (Å²) in [5.41, 5.74) is 2.93. The van der Waals surface area contributed by atoms with E-state index in [9.17, 15) is 14.8 Å². The molecule has 1 saturated carbocycles. The molecule has 1 saturated heterocycles. The molecule has 35 heavy (non-hydrogen) atoms. The maximum Gasteiger partial charge on any atom is 0.247 e. The maximum atomic E-state index is 13.5. The van der Waals surface area contributed by atoms with Crippen LogP contribution in [-0.2, 0) is 9.59 Å². The Morgan fingerprint density at radius 2 is 1.66 bits per heavy atom. The molecule has 3 aromatic rings. The number of hydroxylamine groups is 1. The van der Waals surface area contributed by atoms with E-state index < -0.39 is 17.7 Å². The number of aromatic nitrogens is 1. The molecule has 8 nitrogen and oxygen atoms in total. The number of para-hydroxylation sites is 1. The van der Waals surface area contributed by atoms with Crippen LogP contribution < -0.4 is 15.1 Å². The quantitative estimate of drug-likeness (QED) is 0.436. The van der Waals surface area contributed by atoms with Crippen LogP contribution in [0.1, 0.15) is 19.3 Å². The lowest BCUT2D eigenvalue weighted by Crippen LogP contribution is -2.53. The first-order valence-corrected chi connectivity index (χ1v) is 12.2. The van der Waals surface area contributed by atoms with E-state index in [4.69, 9.17) is 4.74 Å². The molecule has 1 aromatic heterocycles. The lowest BCUT2D eigenvalue weighted by molar-refractivity contribution is -0.148. The third-order valence-corrected chi connectivity index (χ3v) is 7.19. The third-order valence-electron chi connectivity index (χ3n) is 7.19. The lowest BCUT2D eigenvalue weighted by Gasteiger charge is -2.40. The highest BCUT2D eigenvalue weighted by molar-refractivity contribution is 5.88. The molecule has 0 unspecified atom stereocenters. The van der Waals surface area contributed by atoms with Gasteiger partial charge >= 0.3 is 0 Å². The van der Waals surface area contributed by atoms with Crippen molar-refractivity contribution in [3.63, 3.8) is 0 Å². The summed E-state index contributed by atoms with van der Waals surface area (Å²) < 4.78 is 6.23. The zero-order valence-electron chi connectivity index (χ0n) is 19.5. The molecule has 2 N–H and O–H groups in total. The van der Waals surface area contributed by atoms with Gasteiger partial charge in [0, 0.05) is 43.4 Å². The van der Waals surface area contributed by atoms with Crippen LogP contribution in [0.15, 0.2) is 66.9 Å². The molecule has 2 amide bonds. The topological polar surface area (TPSA) is 95.0 Å². The number of nitrogens with one attached hydrogen (secondary N) is 1. The number of rotatable bonds is 5. The first-order valence-electron chi connectivity index (χ1n) is 12.2. The van der Waals surface area contributed by atoms with Crippen LogP contribution in [0.25, 0.3) is 10.8 Å². The molecular weight excluding hydrogens is 444 g/mol. The highest BCUT2D eigenvalue weighted by atomic mass is 16.5. The number of anilines is 1. The van der Waals surface area contributed by atoms with Gasteiger partial charge in [0.25, 0.3) is 0 Å². The van der Waals surface area contributed by atoms with Gasteiger partial charge in [-0.3, -0.25) is 14.8 Å². The summed E-state index contributed by atoms with van der Waals surface area (Å²) in [6.45, 7) is 2.71. The summed E-state index contributed by atoms with van der Waals surface area (Å²) in [5, 5.41) is 11.3. The first kappa shape index (κ1) is 23.1.